The first-order chi connectivity index (χ1) is 12.3. The third-order valence-electron chi connectivity index (χ3n) is 3.86. The summed E-state index contributed by atoms with van der Waals surface area (Å²) in [7, 11) is 0. The molecule has 8 heteroatoms. The molecule has 0 saturated carbocycles. The van der Waals surface area contributed by atoms with Crippen molar-refractivity contribution in [1.29, 1.82) is 0 Å². The maximum atomic E-state index is 12.7. The molecule has 136 valence electrons. The van der Waals surface area contributed by atoms with Gasteiger partial charge in [0.2, 0.25) is 11.8 Å². The molecule has 1 N–H and O–H groups in total. The number of nitrogens with one attached hydrogen (secondary N) is 1. The van der Waals surface area contributed by atoms with Crippen LogP contribution in [0.4, 0.5) is 24.5 Å². The van der Waals surface area contributed by atoms with Gasteiger partial charge in [-0.05, 0) is 42.0 Å². The molecule has 1 unspecified atom stereocenters. The molecule has 1 heterocycles. The minimum atomic E-state index is -4.42. The molecule has 2 aromatic rings. The van der Waals surface area contributed by atoms with Crippen LogP contribution in [0.15, 0.2) is 48.5 Å². The van der Waals surface area contributed by atoms with Crippen LogP contribution in [-0.2, 0) is 15.8 Å². The van der Waals surface area contributed by atoms with E-state index in [0.717, 1.165) is 17.7 Å². The van der Waals surface area contributed by atoms with E-state index in [9.17, 15) is 22.8 Å². The summed E-state index contributed by atoms with van der Waals surface area (Å²) < 4.78 is 38.2. The van der Waals surface area contributed by atoms with Crippen LogP contribution in [0.25, 0.3) is 0 Å². The Morgan fingerprint density at radius 2 is 1.73 bits per heavy atom. The van der Waals surface area contributed by atoms with Gasteiger partial charge in [-0.25, -0.2) is 0 Å². The van der Waals surface area contributed by atoms with Gasteiger partial charge in [0.25, 0.3) is 0 Å². The van der Waals surface area contributed by atoms with Crippen molar-refractivity contribution in [3.05, 3.63) is 59.7 Å². The van der Waals surface area contributed by atoms with Gasteiger partial charge in [-0.3, -0.25) is 14.5 Å². The molecule has 0 radical (unpaired) electrons. The van der Waals surface area contributed by atoms with Gasteiger partial charge in [-0.1, -0.05) is 12.1 Å². The number of benzene rings is 2. The lowest BCUT2D eigenvalue weighted by Gasteiger charge is -2.25. The van der Waals surface area contributed by atoms with Crippen LogP contribution in [0.1, 0.15) is 23.4 Å². The number of rotatable bonds is 3. The lowest BCUT2D eigenvalue weighted by molar-refractivity contribution is -0.137. The van der Waals surface area contributed by atoms with Crippen molar-refractivity contribution in [3.63, 3.8) is 0 Å². The number of carbonyl (C=O) groups excluding carboxylic acids is 2. The number of nitrogens with zero attached hydrogens (tertiary/aromatic N) is 1. The molecule has 2 amide bonds. The molecule has 26 heavy (non-hydrogen) atoms. The number of hydrogen-bond donors (Lipinski definition) is 1. The summed E-state index contributed by atoms with van der Waals surface area (Å²) in [6.45, 7) is 1.41. The number of thioether (sulfide) groups is 1. The van der Waals surface area contributed by atoms with Crippen molar-refractivity contribution in [1.82, 2.24) is 0 Å². The number of carbonyl (C=O) groups is 2. The van der Waals surface area contributed by atoms with Crippen molar-refractivity contribution < 1.29 is 22.8 Å². The summed E-state index contributed by atoms with van der Waals surface area (Å²) >= 11 is 1.40. The Hall–Kier alpha value is -2.48. The minimum Gasteiger partial charge on any atom is -0.326 e. The van der Waals surface area contributed by atoms with Gasteiger partial charge in [0.1, 0.15) is 5.37 Å². The molecule has 1 aliphatic heterocycles. The van der Waals surface area contributed by atoms with Crippen molar-refractivity contribution in [2.75, 3.05) is 16.0 Å². The molecule has 1 saturated heterocycles. The second-order valence-corrected chi connectivity index (χ2v) is 6.84. The van der Waals surface area contributed by atoms with Crippen LogP contribution < -0.4 is 10.2 Å². The van der Waals surface area contributed by atoms with Gasteiger partial charge in [0.05, 0.1) is 11.3 Å². The molecule has 1 aliphatic rings. The van der Waals surface area contributed by atoms with Crippen LogP contribution in [0.2, 0.25) is 0 Å². The van der Waals surface area contributed by atoms with Crippen molar-refractivity contribution in [3.8, 4) is 0 Å². The highest BCUT2D eigenvalue weighted by Gasteiger charge is 2.35. The number of alkyl halides is 3. The highest BCUT2D eigenvalue weighted by molar-refractivity contribution is 8.00. The second-order valence-electron chi connectivity index (χ2n) is 5.77. The van der Waals surface area contributed by atoms with Gasteiger partial charge in [-0.2, -0.15) is 13.2 Å². The van der Waals surface area contributed by atoms with Crippen molar-refractivity contribution in [2.24, 2.45) is 0 Å². The lowest BCUT2D eigenvalue weighted by atomic mass is 10.1. The van der Waals surface area contributed by atoms with Gasteiger partial charge >= 0.3 is 6.18 Å². The fourth-order valence-corrected chi connectivity index (χ4v) is 3.87. The second kappa shape index (κ2) is 7.03. The van der Waals surface area contributed by atoms with Crippen LogP contribution in [-0.4, -0.2) is 17.6 Å². The maximum absolute atomic E-state index is 12.7. The van der Waals surface area contributed by atoms with Crippen LogP contribution >= 0.6 is 11.8 Å². The quantitative estimate of drug-likeness (QED) is 0.856. The number of anilines is 2. The third-order valence-corrected chi connectivity index (χ3v) is 5.07. The van der Waals surface area contributed by atoms with E-state index in [-0.39, 0.29) is 22.9 Å². The van der Waals surface area contributed by atoms with E-state index in [1.165, 1.54) is 35.7 Å². The van der Waals surface area contributed by atoms with E-state index in [2.05, 4.69) is 5.32 Å². The molecule has 3 rings (SSSR count). The summed E-state index contributed by atoms with van der Waals surface area (Å²) in [4.78, 5) is 24.9. The maximum Gasteiger partial charge on any atom is 0.416 e. The summed E-state index contributed by atoms with van der Waals surface area (Å²) in [5, 5.41) is 2.33. The Bertz CT molecular complexity index is 820. The van der Waals surface area contributed by atoms with Crippen molar-refractivity contribution >= 4 is 35.0 Å². The molecule has 4 nitrogen and oxygen atoms in total. The molecule has 1 atom stereocenters. The Balaban J connectivity index is 1.86. The smallest absolute Gasteiger partial charge is 0.326 e. The van der Waals surface area contributed by atoms with E-state index in [1.807, 2.05) is 0 Å². The van der Waals surface area contributed by atoms with Gasteiger partial charge < -0.3 is 5.32 Å². The van der Waals surface area contributed by atoms with Crippen LogP contribution in [0, 0.1) is 0 Å². The zero-order valence-corrected chi connectivity index (χ0v) is 14.5. The fraction of sp³-hybridized carbons (Fsp3) is 0.222. The Morgan fingerprint density at radius 1 is 1.12 bits per heavy atom. The van der Waals surface area contributed by atoms with E-state index in [0.29, 0.717) is 11.4 Å². The predicted octanol–water partition coefficient (Wildman–Crippen LogP) is 4.44. The standard InChI is InChI=1S/C18H15F3N2O2S/c1-11(24)22-14-6-2-12(3-7-14)17-23(16(25)10-26-17)15-8-4-13(5-9-15)18(19,20)21/h2-9,17H,10H2,1H3,(H,22,24). The van der Waals surface area contributed by atoms with E-state index in [4.69, 9.17) is 0 Å². The fourth-order valence-electron chi connectivity index (χ4n) is 2.70. The molecular formula is C18H15F3N2O2S. The van der Waals surface area contributed by atoms with Crippen molar-refractivity contribution in [2.45, 2.75) is 18.5 Å². The zero-order chi connectivity index (χ0) is 18.9. The van der Waals surface area contributed by atoms with Crippen LogP contribution in [0.3, 0.4) is 0 Å². The zero-order valence-electron chi connectivity index (χ0n) is 13.7. The SMILES string of the molecule is CC(=O)Nc1ccc(C2SCC(=O)N2c2ccc(C(F)(F)F)cc2)cc1. The molecule has 2 aromatic carbocycles. The third kappa shape index (κ3) is 3.85. The Kier molecular flexibility index (Phi) is 4.95. The monoisotopic (exact) mass is 380 g/mol. The number of halogens is 3. The summed E-state index contributed by atoms with van der Waals surface area (Å²) in [6.07, 6.45) is -4.42. The average molecular weight is 380 g/mol. The van der Waals surface area contributed by atoms with E-state index >= 15 is 0 Å². The topological polar surface area (TPSA) is 49.4 Å². The highest BCUT2D eigenvalue weighted by atomic mass is 32.2. The summed E-state index contributed by atoms with van der Waals surface area (Å²) in [6, 6.07) is 11.6. The summed E-state index contributed by atoms with van der Waals surface area (Å²) in [5.41, 5.74) is 1.13. The van der Waals surface area contributed by atoms with E-state index in [1.54, 1.807) is 24.3 Å². The highest BCUT2D eigenvalue weighted by Crippen LogP contribution is 2.42. The largest absolute Gasteiger partial charge is 0.416 e. The predicted molar refractivity (Wildman–Crippen MR) is 94.9 cm³/mol. The minimum absolute atomic E-state index is 0.161. The molecule has 0 spiro atoms. The first-order valence-corrected chi connectivity index (χ1v) is 8.79. The summed E-state index contributed by atoms with van der Waals surface area (Å²) in [5.74, 6) is -0.0979. The molecule has 0 aliphatic carbocycles. The van der Waals surface area contributed by atoms with Gasteiger partial charge in [-0.15, -0.1) is 11.8 Å². The molecule has 1 fully saturated rings. The van der Waals surface area contributed by atoms with E-state index < -0.39 is 11.7 Å². The first kappa shape index (κ1) is 18.3. The van der Waals surface area contributed by atoms with Gasteiger partial charge in [0, 0.05) is 18.3 Å². The van der Waals surface area contributed by atoms with Crippen LogP contribution in [0.5, 0.6) is 0 Å². The number of amides is 2. The molecule has 0 bridgehead atoms. The first-order valence-electron chi connectivity index (χ1n) is 7.74. The number of hydrogen-bond acceptors (Lipinski definition) is 3. The lowest BCUT2D eigenvalue weighted by Crippen LogP contribution is -2.27. The molecular weight excluding hydrogens is 365 g/mol. The van der Waals surface area contributed by atoms with Gasteiger partial charge in [0.15, 0.2) is 0 Å². The molecule has 0 aromatic heterocycles. The Labute approximate surface area is 152 Å². The average Bonchev–Trinajstić information content (AvgIpc) is 2.96. The Morgan fingerprint density at radius 3 is 2.27 bits per heavy atom. The normalized spacial score (nSPS) is 17.5.